The summed E-state index contributed by atoms with van der Waals surface area (Å²) in [5.74, 6) is -8.37. The second-order valence-electron chi connectivity index (χ2n) is 17.3. The number of nitrogens with one attached hydrogen (secondary N) is 4. The van der Waals surface area contributed by atoms with Crippen molar-refractivity contribution in [3.8, 4) is 5.75 Å². The summed E-state index contributed by atoms with van der Waals surface area (Å²) in [5, 5.41) is 11.2. The molecule has 3 fully saturated rings. The van der Waals surface area contributed by atoms with Crippen molar-refractivity contribution in [1.29, 1.82) is 0 Å². The van der Waals surface area contributed by atoms with Gasteiger partial charge in [0.15, 0.2) is 5.82 Å². The van der Waals surface area contributed by atoms with Crippen molar-refractivity contribution < 1.29 is 56.1 Å². The van der Waals surface area contributed by atoms with Gasteiger partial charge in [-0.1, -0.05) is 18.9 Å². The fourth-order valence-electron chi connectivity index (χ4n) is 9.32. The maximum atomic E-state index is 15.7. The number of piperidine rings is 2. The van der Waals surface area contributed by atoms with Gasteiger partial charge >= 0.3 is 5.92 Å². The lowest BCUT2D eigenvalue weighted by atomic mass is 10.0. The Kier molecular flexibility index (Phi) is 14.7. The molecule has 2 aromatic carbocycles. The van der Waals surface area contributed by atoms with E-state index in [-0.39, 0.29) is 77.1 Å². The molecule has 1 aliphatic carbocycles. The van der Waals surface area contributed by atoms with Gasteiger partial charge in [-0.3, -0.25) is 39.0 Å². The van der Waals surface area contributed by atoms with Crippen LogP contribution in [0.25, 0.3) is 0 Å². The van der Waals surface area contributed by atoms with Gasteiger partial charge in [-0.05, 0) is 57.2 Å². The van der Waals surface area contributed by atoms with Crippen molar-refractivity contribution in [2.45, 2.75) is 82.3 Å². The lowest BCUT2D eigenvalue weighted by Crippen LogP contribution is -2.54. The first-order valence-electron chi connectivity index (χ1n) is 23.0. The summed E-state index contributed by atoms with van der Waals surface area (Å²) >= 11 is 0. The molecule has 0 bridgehead atoms. The van der Waals surface area contributed by atoms with Crippen LogP contribution in [0.5, 0.6) is 5.75 Å². The monoisotopic (exact) mass is 948 g/mol. The number of amides is 6. The normalized spacial score (nSPS) is 20.0. The van der Waals surface area contributed by atoms with Crippen LogP contribution in [0.15, 0.2) is 36.5 Å². The quantitative estimate of drug-likeness (QED) is 0.105. The number of carbonyl (C=O) groups is 6. The van der Waals surface area contributed by atoms with E-state index in [1.54, 1.807) is 19.1 Å². The van der Waals surface area contributed by atoms with Crippen LogP contribution < -0.4 is 35.8 Å². The number of alkyl halides is 2. The molecule has 3 aromatic rings. The van der Waals surface area contributed by atoms with Crippen molar-refractivity contribution in [3.05, 3.63) is 59.0 Å². The van der Waals surface area contributed by atoms with E-state index < -0.39 is 59.8 Å². The van der Waals surface area contributed by atoms with E-state index in [0.717, 1.165) is 28.7 Å². The van der Waals surface area contributed by atoms with Gasteiger partial charge < -0.3 is 44.9 Å². The largest absolute Gasteiger partial charge is 0.492 e. The van der Waals surface area contributed by atoms with E-state index in [1.165, 1.54) is 30.3 Å². The van der Waals surface area contributed by atoms with E-state index in [4.69, 9.17) is 14.2 Å². The zero-order chi connectivity index (χ0) is 48.1. The minimum atomic E-state index is -3.64. The molecule has 1 atom stereocenters. The number of aromatic nitrogens is 2. The average Bonchev–Trinajstić information content (AvgIpc) is 3.93. The molecule has 68 heavy (non-hydrogen) atoms. The third-order valence-corrected chi connectivity index (χ3v) is 12.9. The van der Waals surface area contributed by atoms with E-state index >= 15 is 13.2 Å². The van der Waals surface area contributed by atoms with Crippen LogP contribution in [0, 0.1) is 5.82 Å². The average molecular weight is 949 g/mol. The maximum absolute atomic E-state index is 15.7. The highest BCUT2D eigenvalue weighted by atomic mass is 19.3. The molecule has 19 nitrogen and oxygen atoms in total. The number of ether oxygens (including phenoxy) is 3. The van der Waals surface area contributed by atoms with Crippen molar-refractivity contribution in [3.63, 3.8) is 0 Å². The smallest absolute Gasteiger partial charge is 0.342 e. The molecule has 4 aliphatic heterocycles. The number of carbonyl (C=O) groups excluding carboxylic acids is 6. The molecule has 5 heterocycles. The summed E-state index contributed by atoms with van der Waals surface area (Å²) < 4.78 is 63.1. The Morgan fingerprint density at radius 1 is 0.941 bits per heavy atom. The molecule has 5 aliphatic rings. The predicted molar refractivity (Wildman–Crippen MR) is 241 cm³/mol. The summed E-state index contributed by atoms with van der Waals surface area (Å²) in [5.41, 5.74) is 0.868. The number of hydrogen-bond acceptors (Lipinski definition) is 15. The molecule has 1 saturated carbocycles. The van der Waals surface area contributed by atoms with E-state index in [0.29, 0.717) is 84.0 Å². The summed E-state index contributed by atoms with van der Waals surface area (Å²) in [7, 11) is 1.26. The Bertz CT molecular complexity index is 2430. The van der Waals surface area contributed by atoms with Crippen LogP contribution in [0.2, 0.25) is 0 Å². The summed E-state index contributed by atoms with van der Waals surface area (Å²) in [6, 6.07) is 5.81. The molecular formula is C46H55F3N10O9. The second-order valence-corrected chi connectivity index (χ2v) is 17.3. The van der Waals surface area contributed by atoms with Crippen LogP contribution in [0.3, 0.4) is 0 Å². The molecule has 22 heteroatoms. The zero-order valence-corrected chi connectivity index (χ0v) is 37.9. The summed E-state index contributed by atoms with van der Waals surface area (Å²) in [4.78, 5) is 90.8. The Hall–Kier alpha value is -6.39. The molecule has 1 aromatic heterocycles. The third kappa shape index (κ3) is 10.4. The van der Waals surface area contributed by atoms with Crippen molar-refractivity contribution in [2.75, 3.05) is 93.2 Å². The highest BCUT2D eigenvalue weighted by Crippen LogP contribution is 2.40. The van der Waals surface area contributed by atoms with Crippen molar-refractivity contribution >= 4 is 64.3 Å². The molecule has 6 amide bonds. The van der Waals surface area contributed by atoms with Crippen LogP contribution >= 0.6 is 0 Å². The van der Waals surface area contributed by atoms with Crippen LogP contribution in [-0.2, 0) is 23.9 Å². The number of hydrogen-bond donors (Lipinski definition) is 4. The molecular weight excluding hydrogens is 894 g/mol. The fourth-order valence-corrected chi connectivity index (χ4v) is 9.32. The number of benzene rings is 2. The number of halogens is 3. The van der Waals surface area contributed by atoms with Crippen LogP contribution in [0.1, 0.15) is 89.4 Å². The lowest BCUT2D eigenvalue weighted by Gasteiger charge is -2.32. The minimum Gasteiger partial charge on any atom is -0.492 e. The summed E-state index contributed by atoms with van der Waals surface area (Å²) in [6.07, 6.45) is 5.77. The molecule has 8 rings (SSSR count). The molecule has 364 valence electrons. The van der Waals surface area contributed by atoms with E-state index in [9.17, 15) is 28.8 Å². The van der Waals surface area contributed by atoms with Crippen LogP contribution in [-0.4, -0.2) is 152 Å². The third-order valence-electron chi connectivity index (χ3n) is 12.9. The molecule has 2 saturated heterocycles. The molecule has 1 unspecified atom stereocenters. The van der Waals surface area contributed by atoms with Gasteiger partial charge in [0, 0.05) is 63.5 Å². The molecule has 0 radical (unpaired) electrons. The Labute approximate surface area is 390 Å². The summed E-state index contributed by atoms with van der Waals surface area (Å²) in [6.45, 7) is 4.93. The van der Waals surface area contributed by atoms with E-state index in [2.05, 4.69) is 36.1 Å². The van der Waals surface area contributed by atoms with Gasteiger partial charge in [0.2, 0.25) is 17.8 Å². The number of likely N-dealkylation sites (tertiary alicyclic amines) is 1. The lowest BCUT2D eigenvalue weighted by molar-refractivity contribution is -0.140. The number of anilines is 5. The van der Waals surface area contributed by atoms with Crippen molar-refractivity contribution in [1.82, 2.24) is 30.4 Å². The topological polar surface area (TPSA) is 217 Å². The highest BCUT2D eigenvalue weighted by molar-refractivity contribution is 6.25. The molecule has 0 spiro atoms. The Morgan fingerprint density at radius 3 is 2.43 bits per heavy atom. The van der Waals surface area contributed by atoms with E-state index in [1.807, 2.05) is 0 Å². The minimum absolute atomic E-state index is 0.0259. The fraction of sp³-hybridized carbons (Fsp3) is 0.522. The van der Waals surface area contributed by atoms with Gasteiger partial charge in [0.05, 0.1) is 68.2 Å². The highest BCUT2D eigenvalue weighted by Gasteiger charge is 2.49. The van der Waals surface area contributed by atoms with Crippen molar-refractivity contribution in [2.24, 2.45) is 0 Å². The first-order valence-corrected chi connectivity index (χ1v) is 23.0. The van der Waals surface area contributed by atoms with Gasteiger partial charge in [-0.2, -0.15) is 13.8 Å². The number of nitrogens with zero attached hydrogens (tertiary/aromatic N) is 6. The first-order chi connectivity index (χ1) is 32.7. The predicted octanol–water partition coefficient (Wildman–Crippen LogP) is 3.86. The SMILES string of the molecule is CCOc1cc(C(=O)NC2CCN(CCOCCOCCNc3cccc4c3C(=O)N(C3CCC(=O)NC3=O)C4=O)CC2)c(F)cc1Nc1ncc2c(n1)N(C1CCCC1)CC(F)(F)C(=O)N2C. The zero-order valence-electron chi connectivity index (χ0n) is 37.9. The van der Waals surface area contributed by atoms with Gasteiger partial charge in [0.1, 0.15) is 23.3 Å². The first kappa shape index (κ1) is 48.1. The Balaban J connectivity index is 0.758. The number of rotatable bonds is 18. The van der Waals surface area contributed by atoms with Crippen LogP contribution in [0.4, 0.5) is 42.0 Å². The molecule has 4 N–H and O–H groups in total. The number of imide groups is 2. The number of fused-ring (bicyclic) bond motifs is 2. The van der Waals surface area contributed by atoms with Gasteiger partial charge in [0.25, 0.3) is 23.6 Å². The standard InChI is InChI=1S/C46H55F3N10O9/c1-3-68-36-23-30(31(47)24-33(36)53-45-51-25-35-39(55-45)58(28-7-4-5-8-28)26-46(48,49)44(65)56(35)2)40(61)52-27-13-16-57(17-14-27)18-20-67-22-21-66-19-15-50-32-10-6-9-29-38(32)43(64)59(42(29)63)34-11-12-37(60)54-41(34)62/h6,9-10,23-25,27-28,34,50H,3-5,7-8,11-22,26H2,1-2H3,(H,52,61)(H,51,53,55)(H,54,60,62). The van der Waals surface area contributed by atoms with Gasteiger partial charge in [-0.15, -0.1) is 0 Å². The Morgan fingerprint density at radius 2 is 1.69 bits per heavy atom. The second kappa shape index (κ2) is 20.9. The maximum Gasteiger partial charge on any atom is 0.342 e. The van der Waals surface area contributed by atoms with Gasteiger partial charge in [-0.25, -0.2) is 9.37 Å².